The van der Waals surface area contributed by atoms with Crippen molar-refractivity contribution in [3.8, 4) is 0 Å². The second kappa shape index (κ2) is 13.8. The van der Waals surface area contributed by atoms with E-state index in [1.165, 1.54) is 24.6 Å². The maximum absolute atomic E-state index is 14.1. The zero-order valence-corrected chi connectivity index (χ0v) is 15.9. The highest BCUT2D eigenvalue weighted by Crippen LogP contribution is 2.22. The summed E-state index contributed by atoms with van der Waals surface area (Å²) < 4.78 is 14.1. The van der Waals surface area contributed by atoms with Crippen LogP contribution in [-0.2, 0) is 0 Å². The molecule has 0 spiro atoms. The second-order valence-corrected chi connectivity index (χ2v) is 5.42. The molecule has 0 unspecified atom stereocenters. The fraction of sp³-hybridized carbons (Fsp3) is 0.217. The molecule has 2 heteroatoms. The first-order valence-electron chi connectivity index (χ1n) is 8.16. The van der Waals surface area contributed by atoms with Crippen molar-refractivity contribution in [2.45, 2.75) is 33.6 Å². The minimum absolute atomic E-state index is 0.105. The highest BCUT2D eigenvalue weighted by molar-refractivity contribution is 5.52. The van der Waals surface area contributed by atoms with Crippen molar-refractivity contribution in [3.63, 3.8) is 0 Å². The Morgan fingerprint density at radius 2 is 1.28 bits per heavy atom. The van der Waals surface area contributed by atoms with Gasteiger partial charge < -0.3 is 5.11 Å². The van der Waals surface area contributed by atoms with Gasteiger partial charge in [0.2, 0.25) is 0 Å². The third kappa shape index (κ3) is 12.5. The summed E-state index contributed by atoms with van der Waals surface area (Å²) in [6.45, 7) is 28.3. The van der Waals surface area contributed by atoms with Gasteiger partial charge in [-0.05, 0) is 35.3 Å². The predicted molar refractivity (Wildman–Crippen MR) is 111 cm³/mol. The minimum atomic E-state index is -0.563. The van der Waals surface area contributed by atoms with E-state index in [0.29, 0.717) is 16.7 Å². The van der Waals surface area contributed by atoms with Crippen LogP contribution in [0.1, 0.15) is 33.6 Å². The van der Waals surface area contributed by atoms with Crippen molar-refractivity contribution in [2.75, 3.05) is 0 Å². The molecule has 0 aromatic rings. The molecule has 0 rings (SSSR count). The van der Waals surface area contributed by atoms with Crippen LogP contribution in [0, 0.1) is 0 Å². The standard InChI is InChI=1S/C20H23FO.C3H8/c1-8-14(2)9-10-15(3)17(5)13-20(21)19(7)16(4)11-12-18(6)22;1-3-2/h9-13,22H,2-8H2,1H3;3H2,1-2H3/b10-9-,12-11-,20-13+;. The molecule has 0 saturated carbocycles. The van der Waals surface area contributed by atoms with Gasteiger partial charge in [-0.2, -0.15) is 0 Å². The molecule has 0 aromatic carbocycles. The van der Waals surface area contributed by atoms with Crippen LogP contribution in [0.2, 0.25) is 0 Å². The lowest BCUT2D eigenvalue weighted by Crippen LogP contribution is -1.88. The van der Waals surface area contributed by atoms with Crippen molar-refractivity contribution in [3.05, 3.63) is 109 Å². The Bertz CT molecular complexity index is 624. The van der Waals surface area contributed by atoms with Gasteiger partial charge in [0.1, 0.15) is 11.6 Å². The maximum atomic E-state index is 14.1. The van der Waals surface area contributed by atoms with Crippen LogP contribution in [0.3, 0.4) is 0 Å². The van der Waals surface area contributed by atoms with Gasteiger partial charge in [-0.25, -0.2) is 4.39 Å². The molecule has 136 valence electrons. The zero-order chi connectivity index (χ0) is 20.0. The number of rotatable bonds is 9. The molecular weight excluding hydrogens is 311 g/mol. The fourth-order valence-electron chi connectivity index (χ4n) is 1.23. The van der Waals surface area contributed by atoms with Crippen LogP contribution >= 0.6 is 0 Å². The molecule has 25 heavy (non-hydrogen) atoms. The van der Waals surface area contributed by atoms with Crippen molar-refractivity contribution < 1.29 is 9.50 Å². The largest absolute Gasteiger partial charge is 0.509 e. The van der Waals surface area contributed by atoms with Crippen LogP contribution in [0.4, 0.5) is 4.39 Å². The van der Waals surface area contributed by atoms with Crippen LogP contribution in [-0.4, -0.2) is 5.11 Å². The van der Waals surface area contributed by atoms with Crippen LogP contribution in [0.5, 0.6) is 0 Å². The quantitative estimate of drug-likeness (QED) is 0.337. The lowest BCUT2D eigenvalue weighted by atomic mass is 10.0. The van der Waals surface area contributed by atoms with E-state index in [0.717, 1.165) is 12.0 Å². The van der Waals surface area contributed by atoms with E-state index in [-0.39, 0.29) is 11.3 Å². The summed E-state index contributed by atoms with van der Waals surface area (Å²) in [5.41, 5.74) is 2.40. The number of aliphatic hydroxyl groups is 1. The van der Waals surface area contributed by atoms with Crippen LogP contribution in [0.15, 0.2) is 109 Å². The molecule has 0 aliphatic carbocycles. The Hall–Kier alpha value is -2.61. The fourth-order valence-corrected chi connectivity index (χ4v) is 1.23. The maximum Gasteiger partial charge on any atom is 0.131 e. The highest BCUT2D eigenvalue weighted by atomic mass is 19.1. The second-order valence-electron chi connectivity index (χ2n) is 5.42. The molecule has 1 nitrogen and oxygen atoms in total. The third-order valence-corrected chi connectivity index (χ3v) is 2.84. The van der Waals surface area contributed by atoms with Gasteiger partial charge in [0.05, 0.1) is 0 Å². The van der Waals surface area contributed by atoms with E-state index in [1.54, 1.807) is 6.08 Å². The smallest absolute Gasteiger partial charge is 0.131 e. The first-order chi connectivity index (χ1) is 11.6. The molecule has 0 heterocycles. The summed E-state index contributed by atoms with van der Waals surface area (Å²) in [5, 5.41) is 8.96. The van der Waals surface area contributed by atoms with Gasteiger partial charge >= 0.3 is 0 Å². The first-order valence-corrected chi connectivity index (χ1v) is 8.16. The van der Waals surface area contributed by atoms with Crippen LogP contribution in [0.25, 0.3) is 0 Å². The Labute approximate surface area is 153 Å². The Kier molecular flexibility index (Phi) is 13.6. The Balaban J connectivity index is 0. The van der Waals surface area contributed by atoms with E-state index in [2.05, 4.69) is 53.3 Å². The van der Waals surface area contributed by atoms with Crippen molar-refractivity contribution in [2.24, 2.45) is 0 Å². The molecule has 0 aliphatic rings. The van der Waals surface area contributed by atoms with Crippen molar-refractivity contribution in [1.29, 1.82) is 0 Å². The highest BCUT2D eigenvalue weighted by Gasteiger charge is 2.05. The van der Waals surface area contributed by atoms with Crippen molar-refractivity contribution in [1.82, 2.24) is 0 Å². The molecular formula is C23H31FO. The normalized spacial score (nSPS) is 11.0. The lowest BCUT2D eigenvalue weighted by Gasteiger charge is -2.05. The molecule has 0 saturated heterocycles. The third-order valence-electron chi connectivity index (χ3n) is 2.84. The van der Waals surface area contributed by atoms with Gasteiger partial charge in [0.25, 0.3) is 0 Å². The van der Waals surface area contributed by atoms with Gasteiger partial charge in [0.15, 0.2) is 0 Å². The monoisotopic (exact) mass is 342 g/mol. The number of halogens is 1. The average Bonchev–Trinajstić information content (AvgIpc) is 2.56. The SMILES string of the molecule is C=C(O)/C=C\C(=C)C(=C)/C(F)=C\C(=C)C(=C)/C=C\C(=C)CC.CCC. The summed E-state index contributed by atoms with van der Waals surface area (Å²) in [4.78, 5) is 0. The van der Waals surface area contributed by atoms with E-state index in [4.69, 9.17) is 5.11 Å². The van der Waals surface area contributed by atoms with E-state index in [1.807, 2.05) is 13.0 Å². The first kappa shape index (κ1) is 24.6. The molecule has 0 radical (unpaired) electrons. The average molecular weight is 342 g/mol. The molecule has 0 aliphatic heterocycles. The molecule has 0 bridgehead atoms. The van der Waals surface area contributed by atoms with Gasteiger partial charge in [-0.3, -0.25) is 0 Å². The minimum Gasteiger partial charge on any atom is -0.509 e. The molecule has 0 aromatic heterocycles. The van der Waals surface area contributed by atoms with E-state index in [9.17, 15) is 4.39 Å². The van der Waals surface area contributed by atoms with Crippen molar-refractivity contribution >= 4 is 0 Å². The number of allylic oxidation sites excluding steroid dienone is 11. The van der Waals surface area contributed by atoms with Crippen LogP contribution < -0.4 is 0 Å². The van der Waals surface area contributed by atoms with Gasteiger partial charge in [-0.15, -0.1) is 0 Å². The molecule has 0 atom stereocenters. The summed E-state index contributed by atoms with van der Waals surface area (Å²) in [5.74, 6) is -0.704. The van der Waals surface area contributed by atoms with E-state index >= 15 is 0 Å². The predicted octanol–water partition coefficient (Wildman–Crippen LogP) is 7.63. The number of hydrogen-bond donors (Lipinski definition) is 1. The summed E-state index contributed by atoms with van der Waals surface area (Å²) >= 11 is 0. The van der Waals surface area contributed by atoms with Gasteiger partial charge in [-0.1, -0.05) is 90.5 Å². The zero-order valence-electron chi connectivity index (χ0n) is 15.9. The molecule has 0 amide bonds. The Morgan fingerprint density at radius 3 is 1.72 bits per heavy atom. The number of hydrogen-bond acceptors (Lipinski definition) is 1. The number of aliphatic hydroxyl groups excluding tert-OH is 1. The topological polar surface area (TPSA) is 20.2 Å². The summed E-state index contributed by atoms with van der Waals surface area (Å²) in [6, 6.07) is 0. The summed E-state index contributed by atoms with van der Waals surface area (Å²) in [7, 11) is 0. The molecule has 1 N–H and O–H groups in total. The summed E-state index contributed by atoms with van der Waals surface area (Å²) in [6.07, 6.45) is 9.64. The van der Waals surface area contributed by atoms with E-state index < -0.39 is 5.83 Å². The van der Waals surface area contributed by atoms with Gasteiger partial charge in [0, 0.05) is 5.57 Å². The molecule has 0 fully saturated rings. The Morgan fingerprint density at radius 1 is 0.800 bits per heavy atom. The lowest BCUT2D eigenvalue weighted by molar-refractivity contribution is 0.435.